The van der Waals surface area contributed by atoms with Crippen LogP contribution in [-0.2, 0) is 4.74 Å². The zero-order valence-electron chi connectivity index (χ0n) is 16.7. The minimum Gasteiger partial charge on any atom is -0.454 e. The summed E-state index contributed by atoms with van der Waals surface area (Å²) in [4.78, 5) is 7.33. The monoisotopic (exact) mass is 372 g/mol. The predicted octanol–water partition coefficient (Wildman–Crippen LogP) is 3.29. The molecule has 2 aromatic rings. The van der Waals surface area contributed by atoms with Crippen LogP contribution in [0, 0.1) is 0 Å². The van der Waals surface area contributed by atoms with E-state index >= 15 is 0 Å². The molecule has 7 heteroatoms. The molecular formula is C20H28N4O3. The van der Waals surface area contributed by atoms with Gasteiger partial charge in [-0.15, -0.1) is 0 Å². The maximum atomic E-state index is 5.90. The standard InChI is InChI=1S/C20H28N4O3/c1-12(2)19-21-20(15(5)23-9-13(3)27-14(4)10-23)24(22-19)16-6-7-17-18(8-16)26-11-25-17/h6-8,12-15H,9-11H2,1-5H3/t13-,14+,15?. The van der Waals surface area contributed by atoms with Crippen LogP contribution in [0.5, 0.6) is 11.5 Å². The number of nitrogens with zero attached hydrogens (tertiary/aromatic N) is 4. The first-order chi connectivity index (χ1) is 12.9. The van der Waals surface area contributed by atoms with Gasteiger partial charge in [-0.3, -0.25) is 4.90 Å². The van der Waals surface area contributed by atoms with E-state index in [1.165, 1.54) is 0 Å². The maximum Gasteiger partial charge on any atom is 0.231 e. The molecule has 3 atom stereocenters. The van der Waals surface area contributed by atoms with Crippen molar-refractivity contribution in [1.29, 1.82) is 0 Å². The van der Waals surface area contributed by atoms with E-state index in [1.807, 2.05) is 22.9 Å². The first-order valence-electron chi connectivity index (χ1n) is 9.68. The average Bonchev–Trinajstić information content (AvgIpc) is 3.26. The van der Waals surface area contributed by atoms with E-state index in [-0.39, 0.29) is 31.0 Å². The van der Waals surface area contributed by atoms with Crippen molar-refractivity contribution >= 4 is 0 Å². The Kier molecular flexibility index (Phi) is 4.82. The molecule has 7 nitrogen and oxygen atoms in total. The zero-order chi connectivity index (χ0) is 19.1. The first kappa shape index (κ1) is 18.3. The van der Waals surface area contributed by atoms with Crippen molar-refractivity contribution in [3.8, 4) is 17.2 Å². The average molecular weight is 372 g/mol. The second-order valence-corrected chi connectivity index (χ2v) is 7.82. The van der Waals surface area contributed by atoms with Crippen LogP contribution in [0.25, 0.3) is 5.69 Å². The van der Waals surface area contributed by atoms with Crippen LogP contribution < -0.4 is 9.47 Å². The highest BCUT2D eigenvalue weighted by Gasteiger charge is 2.30. The van der Waals surface area contributed by atoms with Gasteiger partial charge < -0.3 is 14.2 Å². The number of hydrogen-bond donors (Lipinski definition) is 0. The Labute approximate surface area is 160 Å². The van der Waals surface area contributed by atoms with Gasteiger partial charge in [0, 0.05) is 25.1 Å². The normalized spacial score (nSPS) is 23.8. The van der Waals surface area contributed by atoms with E-state index in [0.717, 1.165) is 41.9 Å². The van der Waals surface area contributed by atoms with Crippen LogP contribution in [0.4, 0.5) is 0 Å². The van der Waals surface area contributed by atoms with Crippen LogP contribution in [0.3, 0.4) is 0 Å². The third-order valence-corrected chi connectivity index (χ3v) is 5.13. The number of aromatic nitrogens is 3. The fraction of sp³-hybridized carbons (Fsp3) is 0.600. The summed E-state index contributed by atoms with van der Waals surface area (Å²) in [5, 5.41) is 4.81. The number of rotatable bonds is 4. The van der Waals surface area contributed by atoms with Crippen molar-refractivity contribution in [3.63, 3.8) is 0 Å². The molecule has 27 heavy (non-hydrogen) atoms. The molecule has 0 amide bonds. The Bertz CT molecular complexity index is 810. The minimum atomic E-state index is 0.129. The molecule has 1 unspecified atom stereocenters. The van der Waals surface area contributed by atoms with Crippen LogP contribution in [0.2, 0.25) is 0 Å². The van der Waals surface area contributed by atoms with Crippen LogP contribution >= 0.6 is 0 Å². The van der Waals surface area contributed by atoms with Crippen LogP contribution in [0.15, 0.2) is 18.2 Å². The fourth-order valence-corrected chi connectivity index (χ4v) is 3.76. The molecule has 146 valence electrons. The predicted molar refractivity (Wildman–Crippen MR) is 102 cm³/mol. The molecule has 2 aliphatic rings. The molecule has 4 rings (SSSR count). The van der Waals surface area contributed by atoms with E-state index in [0.29, 0.717) is 0 Å². The highest BCUT2D eigenvalue weighted by atomic mass is 16.7. The van der Waals surface area contributed by atoms with Gasteiger partial charge in [0.2, 0.25) is 6.79 Å². The third kappa shape index (κ3) is 3.53. The van der Waals surface area contributed by atoms with Gasteiger partial charge in [0.15, 0.2) is 17.3 Å². The summed E-state index contributed by atoms with van der Waals surface area (Å²) in [6, 6.07) is 6.04. The van der Waals surface area contributed by atoms with Crippen molar-refractivity contribution in [2.24, 2.45) is 0 Å². The number of morpholine rings is 1. The second kappa shape index (κ2) is 7.13. The number of ether oxygens (including phenoxy) is 3. The smallest absolute Gasteiger partial charge is 0.231 e. The first-order valence-corrected chi connectivity index (χ1v) is 9.68. The number of hydrogen-bond acceptors (Lipinski definition) is 6. The Balaban J connectivity index is 1.71. The van der Waals surface area contributed by atoms with Crippen molar-refractivity contribution in [1.82, 2.24) is 19.7 Å². The lowest BCUT2D eigenvalue weighted by Crippen LogP contribution is -2.46. The van der Waals surface area contributed by atoms with Crippen LogP contribution in [0.1, 0.15) is 58.2 Å². The fourth-order valence-electron chi connectivity index (χ4n) is 3.76. The van der Waals surface area contributed by atoms with Gasteiger partial charge in [-0.1, -0.05) is 13.8 Å². The summed E-state index contributed by atoms with van der Waals surface area (Å²) in [5.41, 5.74) is 0.940. The topological polar surface area (TPSA) is 61.6 Å². The van der Waals surface area contributed by atoms with Crippen molar-refractivity contribution < 1.29 is 14.2 Å². The quantitative estimate of drug-likeness (QED) is 0.821. The number of fused-ring (bicyclic) bond motifs is 1. The minimum absolute atomic E-state index is 0.129. The molecule has 0 aliphatic carbocycles. The summed E-state index contributed by atoms with van der Waals surface area (Å²) in [6.07, 6.45) is 0.422. The lowest BCUT2D eigenvalue weighted by molar-refractivity contribution is -0.0800. The highest BCUT2D eigenvalue weighted by molar-refractivity contribution is 5.50. The van der Waals surface area contributed by atoms with Gasteiger partial charge in [0.05, 0.1) is 23.9 Å². The molecule has 2 aliphatic heterocycles. The van der Waals surface area contributed by atoms with Gasteiger partial charge in [-0.2, -0.15) is 5.10 Å². The van der Waals surface area contributed by atoms with E-state index < -0.39 is 0 Å². The van der Waals surface area contributed by atoms with Crippen molar-refractivity contribution in [2.75, 3.05) is 19.9 Å². The summed E-state index contributed by atoms with van der Waals surface area (Å²) in [7, 11) is 0. The zero-order valence-corrected chi connectivity index (χ0v) is 16.7. The van der Waals surface area contributed by atoms with Gasteiger partial charge in [0.1, 0.15) is 5.82 Å². The maximum absolute atomic E-state index is 5.90. The molecule has 0 saturated carbocycles. The SMILES string of the molecule is CC(C)c1nc(C(C)N2C[C@@H](C)O[C@@H](C)C2)n(-c2ccc3c(c2)OCO3)n1. The molecular weight excluding hydrogens is 344 g/mol. The molecule has 1 fully saturated rings. The summed E-state index contributed by atoms with van der Waals surface area (Å²) in [6.45, 7) is 12.7. The molecule has 0 bridgehead atoms. The van der Waals surface area contributed by atoms with E-state index in [2.05, 4.69) is 39.5 Å². The summed E-state index contributed by atoms with van der Waals surface area (Å²) >= 11 is 0. The van der Waals surface area contributed by atoms with Gasteiger partial charge in [-0.05, 0) is 32.9 Å². The molecule has 0 spiro atoms. The molecule has 0 radical (unpaired) electrons. The Morgan fingerprint density at radius 1 is 1.04 bits per heavy atom. The van der Waals surface area contributed by atoms with Gasteiger partial charge in [-0.25, -0.2) is 9.67 Å². The summed E-state index contributed by atoms with van der Waals surface area (Å²) < 4.78 is 18.8. The largest absolute Gasteiger partial charge is 0.454 e. The molecule has 1 aromatic heterocycles. The summed E-state index contributed by atoms with van der Waals surface area (Å²) in [5.74, 6) is 3.58. The number of benzene rings is 1. The van der Waals surface area contributed by atoms with Gasteiger partial charge in [0.25, 0.3) is 0 Å². The Morgan fingerprint density at radius 3 is 2.44 bits per heavy atom. The van der Waals surface area contributed by atoms with Crippen molar-refractivity contribution in [3.05, 3.63) is 29.8 Å². The Hall–Kier alpha value is -2.12. The van der Waals surface area contributed by atoms with E-state index in [9.17, 15) is 0 Å². The third-order valence-electron chi connectivity index (χ3n) is 5.13. The lowest BCUT2D eigenvalue weighted by Gasteiger charge is -2.38. The van der Waals surface area contributed by atoms with Gasteiger partial charge >= 0.3 is 0 Å². The van der Waals surface area contributed by atoms with Crippen LogP contribution in [-0.4, -0.2) is 51.8 Å². The molecule has 0 N–H and O–H groups in total. The van der Waals surface area contributed by atoms with Crippen molar-refractivity contribution in [2.45, 2.75) is 58.8 Å². The van der Waals surface area contributed by atoms with E-state index in [1.54, 1.807) is 0 Å². The molecule has 1 aromatic carbocycles. The second-order valence-electron chi connectivity index (χ2n) is 7.82. The van der Waals surface area contributed by atoms with E-state index in [4.69, 9.17) is 24.3 Å². The highest BCUT2D eigenvalue weighted by Crippen LogP contribution is 2.35. The molecule has 3 heterocycles. The lowest BCUT2D eigenvalue weighted by atomic mass is 10.1. The Morgan fingerprint density at radius 2 is 1.74 bits per heavy atom. The molecule has 1 saturated heterocycles.